The minimum atomic E-state index is -0.179. The molecule has 4 heterocycles. The summed E-state index contributed by atoms with van der Waals surface area (Å²) in [7, 11) is 0. The molecule has 0 bridgehead atoms. The lowest BCUT2D eigenvalue weighted by atomic mass is 10.2. The van der Waals surface area contributed by atoms with Crippen LogP contribution in [0.5, 0.6) is 11.5 Å². The van der Waals surface area contributed by atoms with E-state index in [1.165, 1.54) is 11.3 Å². The normalized spacial score (nSPS) is 13.8. The summed E-state index contributed by atoms with van der Waals surface area (Å²) in [4.78, 5) is 37.7. The Hall–Kier alpha value is -4.37. The molecule has 180 valence electrons. The Morgan fingerprint density at radius 2 is 1.64 bits per heavy atom. The molecule has 8 nitrogen and oxygen atoms in total. The van der Waals surface area contributed by atoms with Crippen LogP contribution in [0.15, 0.2) is 79.1 Å². The van der Waals surface area contributed by atoms with Gasteiger partial charge < -0.3 is 24.8 Å². The smallest absolute Gasteiger partial charge is 0.321 e. The molecule has 0 radical (unpaired) electrons. The van der Waals surface area contributed by atoms with E-state index in [1.807, 2.05) is 77.8 Å². The number of piperazine rings is 1. The number of hydrogen-bond donors (Lipinski definition) is 2. The molecule has 1 aliphatic rings. The first-order valence-electron chi connectivity index (χ1n) is 11.7. The molecular weight excluding hydrogens is 474 g/mol. The first kappa shape index (κ1) is 22.1. The molecule has 0 atom stereocenters. The Balaban J connectivity index is 1.05. The van der Waals surface area contributed by atoms with Gasteiger partial charge in [0.25, 0.3) is 5.91 Å². The van der Waals surface area contributed by atoms with Crippen molar-refractivity contribution < 1.29 is 14.3 Å². The molecule has 6 rings (SSSR count). The van der Waals surface area contributed by atoms with E-state index in [9.17, 15) is 9.59 Å². The number of aromatic nitrogens is 2. The predicted molar refractivity (Wildman–Crippen MR) is 141 cm³/mol. The summed E-state index contributed by atoms with van der Waals surface area (Å²) >= 11 is 1.49. The number of urea groups is 1. The SMILES string of the molecule is O=C(Nc1ccc(Oc2ccccc2)cc1)N1CCN(C(=O)c2cc3cnc4[nH]ccc4c3s2)CC1. The molecule has 9 heteroatoms. The number of aromatic amines is 1. The summed E-state index contributed by atoms with van der Waals surface area (Å²) in [6, 6.07) is 20.5. The van der Waals surface area contributed by atoms with Crippen LogP contribution in [0.2, 0.25) is 0 Å². The van der Waals surface area contributed by atoms with Crippen molar-refractivity contribution in [3.05, 3.63) is 84.0 Å². The van der Waals surface area contributed by atoms with E-state index in [-0.39, 0.29) is 11.9 Å². The van der Waals surface area contributed by atoms with Crippen molar-refractivity contribution in [1.29, 1.82) is 0 Å². The van der Waals surface area contributed by atoms with E-state index in [1.54, 1.807) is 11.1 Å². The number of H-pyrrole nitrogens is 1. The monoisotopic (exact) mass is 497 g/mol. The number of anilines is 1. The van der Waals surface area contributed by atoms with Gasteiger partial charge in [-0.1, -0.05) is 18.2 Å². The van der Waals surface area contributed by atoms with Crippen molar-refractivity contribution in [3.8, 4) is 11.5 Å². The van der Waals surface area contributed by atoms with Crippen molar-refractivity contribution in [1.82, 2.24) is 19.8 Å². The molecule has 36 heavy (non-hydrogen) atoms. The number of hydrogen-bond acceptors (Lipinski definition) is 5. The van der Waals surface area contributed by atoms with Crippen molar-refractivity contribution in [3.63, 3.8) is 0 Å². The fourth-order valence-corrected chi connectivity index (χ4v) is 5.43. The van der Waals surface area contributed by atoms with Crippen molar-refractivity contribution in [2.75, 3.05) is 31.5 Å². The van der Waals surface area contributed by atoms with Crippen LogP contribution in [-0.2, 0) is 0 Å². The third-order valence-corrected chi connectivity index (χ3v) is 7.38. The number of amides is 3. The van der Waals surface area contributed by atoms with Crippen LogP contribution < -0.4 is 10.1 Å². The summed E-state index contributed by atoms with van der Waals surface area (Å²) in [5.41, 5.74) is 1.51. The molecule has 2 aromatic carbocycles. The van der Waals surface area contributed by atoms with Crippen molar-refractivity contribution >= 4 is 50.1 Å². The lowest BCUT2D eigenvalue weighted by Gasteiger charge is -2.34. The third-order valence-electron chi connectivity index (χ3n) is 6.21. The van der Waals surface area contributed by atoms with Crippen LogP contribution >= 0.6 is 11.3 Å². The van der Waals surface area contributed by atoms with Gasteiger partial charge in [0.05, 0.1) is 4.88 Å². The van der Waals surface area contributed by atoms with Gasteiger partial charge in [0.15, 0.2) is 0 Å². The molecule has 0 spiro atoms. The zero-order valence-electron chi connectivity index (χ0n) is 19.3. The number of benzene rings is 2. The summed E-state index contributed by atoms with van der Waals surface area (Å²) in [6.45, 7) is 1.92. The summed E-state index contributed by atoms with van der Waals surface area (Å²) in [5.74, 6) is 1.45. The lowest BCUT2D eigenvalue weighted by molar-refractivity contribution is 0.0676. The summed E-state index contributed by atoms with van der Waals surface area (Å²) in [6.07, 6.45) is 3.65. The average molecular weight is 498 g/mol. The largest absolute Gasteiger partial charge is 0.457 e. The van der Waals surface area contributed by atoms with Crippen LogP contribution in [0.25, 0.3) is 21.1 Å². The second kappa shape index (κ2) is 9.35. The number of pyridine rings is 1. The second-order valence-corrected chi connectivity index (χ2v) is 9.59. The number of carbonyl (C=O) groups is 2. The van der Waals surface area contributed by atoms with Crippen molar-refractivity contribution in [2.24, 2.45) is 0 Å². The van der Waals surface area contributed by atoms with Gasteiger partial charge in [0, 0.05) is 59.7 Å². The van der Waals surface area contributed by atoms with Gasteiger partial charge in [-0.2, -0.15) is 0 Å². The van der Waals surface area contributed by atoms with Crippen LogP contribution in [0.3, 0.4) is 0 Å². The second-order valence-electron chi connectivity index (χ2n) is 8.54. The van der Waals surface area contributed by atoms with Gasteiger partial charge in [0.1, 0.15) is 17.1 Å². The Bertz CT molecular complexity index is 1540. The standard InChI is InChI=1S/C27H23N5O3S/c33-26(23-16-18-17-29-25-22(10-11-28-25)24(18)36-23)31-12-14-32(15-13-31)27(34)30-19-6-8-21(9-7-19)35-20-4-2-1-3-5-20/h1-11,16-17H,12-15H2,(H,28,29)(H,30,34). The highest BCUT2D eigenvalue weighted by atomic mass is 32.1. The summed E-state index contributed by atoms with van der Waals surface area (Å²) < 4.78 is 6.85. The van der Waals surface area contributed by atoms with E-state index >= 15 is 0 Å². The number of rotatable bonds is 4. The molecule has 0 saturated carbocycles. The Morgan fingerprint density at radius 3 is 2.42 bits per heavy atom. The van der Waals surface area contributed by atoms with Gasteiger partial charge in [-0.25, -0.2) is 9.78 Å². The molecular formula is C27H23N5O3S. The Labute approximate surface area is 211 Å². The molecule has 0 aliphatic carbocycles. The highest BCUT2D eigenvalue weighted by Crippen LogP contribution is 2.32. The van der Waals surface area contributed by atoms with E-state index in [4.69, 9.17) is 4.74 Å². The van der Waals surface area contributed by atoms with Crippen LogP contribution in [0.4, 0.5) is 10.5 Å². The number of nitrogens with one attached hydrogen (secondary N) is 2. The molecule has 1 aliphatic heterocycles. The number of nitrogens with zero attached hydrogens (tertiary/aromatic N) is 3. The fraction of sp³-hybridized carbons (Fsp3) is 0.148. The minimum Gasteiger partial charge on any atom is -0.457 e. The van der Waals surface area contributed by atoms with Crippen molar-refractivity contribution in [2.45, 2.75) is 0 Å². The van der Waals surface area contributed by atoms with Gasteiger partial charge in [-0.3, -0.25) is 4.79 Å². The number of ether oxygens (including phenoxy) is 1. The van der Waals surface area contributed by atoms with Crippen LogP contribution in [0, 0.1) is 0 Å². The molecule has 3 amide bonds. The molecule has 0 unspecified atom stereocenters. The Morgan fingerprint density at radius 1 is 0.917 bits per heavy atom. The highest BCUT2D eigenvalue weighted by Gasteiger charge is 2.26. The van der Waals surface area contributed by atoms with Crippen LogP contribution in [-0.4, -0.2) is 57.9 Å². The lowest BCUT2D eigenvalue weighted by Crippen LogP contribution is -2.51. The first-order valence-corrected chi connectivity index (χ1v) is 12.5. The van der Waals surface area contributed by atoms with Gasteiger partial charge >= 0.3 is 6.03 Å². The molecule has 3 aromatic heterocycles. The van der Waals surface area contributed by atoms with Crippen LogP contribution in [0.1, 0.15) is 9.67 Å². The van der Waals surface area contributed by atoms with Gasteiger partial charge in [0.2, 0.25) is 0 Å². The number of fused-ring (bicyclic) bond motifs is 3. The number of thiophene rings is 1. The zero-order chi connectivity index (χ0) is 24.5. The molecule has 5 aromatic rings. The van der Waals surface area contributed by atoms with E-state index < -0.39 is 0 Å². The van der Waals surface area contributed by atoms with Gasteiger partial charge in [-0.05, 0) is 48.5 Å². The molecule has 1 saturated heterocycles. The average Bonchev–Trinajstić information content (AvgIpc) is 3.57. The third kappa shape index (κ3) is 4.36. The maximum atomic E-state index is 13.2. The fourth-order valence-electron chi connectivity index (χ4n) is 4.30. The number of para-hydroxylation sites is 1. The predicted octanol–water partition coefficient (Wildman–Crippen LogP) is 5.56. The highest BCUT2D eigenvalue weighted by molar-refractivity contribution is 7.21. The maximum absolute atomic E-state index is 13.2. The summed E-state index contributed by atoms with van der Waals surface area (Å²) in [5, 5.41) is 4.92. The van der Waals surface area contributed by atoms with E-state index in [2.05, 4.69) is 15.3 Å². The number of carbonyl (C=O) groups excluding carboxylic acids is 2. The zero-order valence-corrected chi connectivity index (χ0v) is 20.1. The topological polar surface area (TPSA) is 90.6 Å². The first-order chi connectivity index (χ1) is 17.6. The maximum Gasteiger partial charge on any atom is 0.321 e. The molecule has 1 fully saturated rings. The minimum absolute atomic E-state index is 0.00560. The van der Waals surface area contributed by atoms with E-state index in [0.29, 0.717) is 42.5 Å². The van der Waals surface area contributed by atoms with E-state index in [0.717, 1.165) is 26.9 Å². The van der Waals surface area contributed by atoms with Gasteiger partial charge in [-0.15, -0.1) is 11.3 Å². The quantitative estimate of drug-likeness (QED) is 0.340. The Kier molecular flexibility index (Phi) is 5.74. The molecule has 2 N–H and O–H groups in total.